The third-order valence-electron chi connectivity index (χ3n) is 5.87. The molecule has 1 aliphatic rings. The van der Waals surface area contributed by atoms with Crippen molar-refractivity contribution in [1.29, 1.82) is 0 Å². The third kappa shape index (κ3) is 4.21. The molecular weight excluding hydrogens is 446 g/mol. The number of rotatable bonds is 6. The van der Waals surface area contributed by atoms with Gasteiger partial charge in [0.05, 0.1) is 30.1 Å². The topological polar surface area (TPSA) is 87.0 Å². The van der Waals surface area contributed by atoms with Gasteiger partial charge in [-0.15, -0.1) is 0 Å². The molecular formula is C28H25NO6. The van der Waals surface area contributed by atoms with Gasteiger partial charge in [-0.05, 0) is 55.8 Å². The zero-order chi connectivity index (χ0) is 24.5. The smallest absolute Gasteiger partial charge is 0.344 e. The summed E-state index contributed by atoms with van der Waals surface area (Å²) >= 11 is 0. The molecule has 0 saturated carbocycles. The Kier molecular flexibility index (Phi) is 5.91. The van der Waals surface area contributed by atoms with Crippen molar-refractivity contribution in [3.8, 4) is 17.2 Å². The Morgan fingerprint density at radius 3 is 2.46 bits per heavy atom. The van der Waals surface area contributed by atoms with E-state index in [1.54, 1.807) is 43.5 Å². The Bertz CT molecular complexity index is 1440. The minimum Gasteiger partial charge on any atom is -0.493 e. The number of hydrogen-bond donors (Lipinski definition) is 1. The monoisotopic (exact) mass is 471 g/mol. The van der Waals surface area contributed by atoms with Gasteiger partial charge in [-0.1, -0.05) is 36.4 Å². The molecule has 0 aliphatic carbocycles. The van der Waals surface area contributed by atoms with Gasteiger partial charge >= 0.3 is 5.63 Å². The highest BCUT2D eigenvalue weighted by molar-refractivity contribution is 5.97. The molecule has 7 nitrogen and oxygen atoms in total. The zero-order valence-corrected chi connectivity index (χ0v) is 19.6. The molecule has 7 heteroatoms. The molecule has 35 heavy (non-hydrogen) atoms. The lowest BCUT2D eigenvalue weighted by Gasteiger charge is -2.20. The van der Waals surface area contributed by atoms with Crippen molar-refractivity contribution in [2.45, 2.75) is 32.0 Å². The Morgan fingerprint density at radius 1 is 0.971 bits per heavy atom. The largest absolute Gasteiger partial charge is 0.493 e. The maximum atomic E-state index is 13.5. The molecule has 1 N–H and O–H groups in total. The molecule has 0 saturated heterocycles. The second-order valence-corrected chi connectivity index (χ2v) is 8.58. The fourth-order valence-electron chi connectivity index (χ4n) is 4.39. The van der Waals surface area contributed by atoms with Gasteiger partial charge in [-0.3, -0.25) is 4.79 Å². The van der Waals surface area contributed by atoms with Crippen LogP contribution in [0.25, 0.3) is 11.0 Å². The fraction of sp³-hybridized carbons (Fsp3) is 0.214. The van der Waals surface area contributed by atoms with E-state index in [0.29, 0.717) is 45.0 Å². The van der Waals surface area contributed by atoms with Crippen molar-refractivity contribution in [2.24, 2.45) is 0 Å². The van der Waals surface area contributed by atoms with Crippen LogP contribution in [0.15, 0.2) is 82.0 Å². The molecule has 1 aliphatic heterocycles. The van der Waals surface area contributed by atoms with E-state index in [1.807, 2.05) is 50.2 Å². The van der Waals surface area contributed by atoms with Crippen LogP contribution in [0.3, 0.4) is 0 Å². The number of hydrogen-bond acceptors (Lipinski definition) is 6. The normalized spacial score (nSPS) is 16.6. The van der Waals surface area contributed by atoms with E-state index < -0.39 is 17.6 Å². The summed E-state index contributed by atoms with van der Waals surface area (Å²) in [6.07, 6.45) is -1.05. The number of benzene rings is 3. The SMILES string of the molecule is COc1cc([C@H]2c3c(c4ccccc4oc3=O)O[C@@H]2C(=O)Nc2ccccc2)ccc1OC(C)C. The molecule has 0 unspecified atom stereocenters. The van der Waals surface area contributed by atoms with Crippen molar-refractivity contribution in [1.82, 2.24) is 0 Å². The third-order valence-corrected chi connectivity index (χ3v) is 5.87. The van der Waals surface area contributed by atoms with Crippen molar-refractivity contribution in [2.75, 3.05) is 12.4 Å². The van der Waals surface area contributed by atoms with Gasteiger partial charge in [0.2, 0.25) is 0 Å². The standard InChI is InChI=1S/C28H25NO6/c1-16(2)33-21-14-13-17(15-22(21)32-3)23-24-25(19-11-7-8-12-20(19)34-28(24)31)35-26(23)27(30)29-18-9-5-4-6-10-18/h4-16,23,26H,1-3H3,(H,29,30)/t23-,26-/m0/s1. The van der Waals surface area contributed by atoms with Crippen LogP contribution in [0.5, 0.6) is 17.2 Å². The number of methoxy groups -OCH3 is 1. The molecule has 3 aromatic carbocycles. The predicted octanol–water partition coefficient (Wildman–Crippen LogP) is 5.12. The van der Waals surface area contributed by atoms with E-state index in [0.717, 1.165) is 0 Å². The summed E-state index contributed by atoms with van der Waals surface area (Å²) in [7, 11) is 1.55. The van der Waals surface area contributed by atoms with Crippen molar-refractivity contribution < 1.29 is 23.4 Å². The van der Waals surface area contributed by atoms with E-state index in [9.17, 15) is 9.59 Å². The molecule has 1 aromatic heterocycles. The number of fused-ring (bicyclic) bond motifs is 3. The molecule has 4 aromatic rings. The molecule has 0 fully saturated rings. The summed E-state index contributed by atoms with van der Waals surface area (Å²) in [5.41, 5.74) is 1.47. The van der Waals surface area contributed by atoms with E-state index >= 15 is 0 Å². The van der Waals surface area contributed by atoms with Crippen LogP contribution in [-0.2, 0) is 4.79 Å². The summed E-state index contributed by atoms with van der Waals surface area (Å²) in [4.78, 5) is 26.6. The average Bonchev–Trinajstić information content (AvgIpc) is 3.26. The summed E-state index contributed by atoms with van der Waals surface area (Å²) in [6.45, 7) is 3.85. The zero-order valence-electron chi connectivity index (χ0n) is 19.6. The average molecular weight is 472 g/mol. The first-order chi connectivity index (χ1) is 17.0. The van der Waals surface area contributed by atoms with E-state index in [4.69, 9.17) is 18.6 Å². The minimum atomic E-state index is -1.000. The van der Waals surface area contributed by atoms with Gasteiger partial charge < -0.3 is 23.9 Å². The Balaban J connectivity index is 1.64. The van der Waals surface area contributed by atoms with Crippen LogP contribution >= 0.6 is 0 Å². The molecule has 0 bridgehead atoms. The number of nitrogens with one attached hydrogen (secondary N) is 1. The second kappa shape index (κ2) is 9.18. The number of carbonyl (C=O) groups excluding carboxylic acids is 1. The highest BCUT2D eigenvalue weighted by Gasteiger charge is 2.44. The molecule has 1 amide bonds. The number of para-hydroxylation sites is 2. The second-order valence-electron chi connectivity index (χ2n) is 8.58. The van der Waals surface area contributed by atoms with E-state index in [1.165, 1.54) is 0 Å². The van der Waals surface area contributed by atoms with Crippen molar-refractivity contribution in [3.63, 3.8) is 0 Å². The van der Waals surface area contributed by atoms with Crippen LogP contribution in [0.4, 0.5) is 5.69 Å². The predicted molar refractivity (Wildman–Crippen MR) is 133 cm³/mol. The lowest BCUT2D eigenvalue weighted by molar-refractivity contribution is -0.122. The van der Waals surface area contributed by atoms with Crippen molar-refractivity contribution in [3.05, 3.63) is 94.3 Å². The van der Waals surface area contributed by atoms with Crippen LogP contribution in [-0.4, -0.2) is 25.2 Å². The first kappa shape index (κ1) is 22.5. The van der Waals surface area contributed by atoms with Crippen LogP contribution in [0.2, 0.25) is 0 Å². The van der Waals surface area contributed by atoms with Gasteiger partial charge in [0.15, 0.2) is 17.6 Å². The number of ether oxygens (including phenoxy) is 3. The van der Waals surface area contributed by atoms with Crippen LogP contribution in [0.1, 0.15) is 30.9 Å². The Labute approximate surface area is 202 Å². The molecule has 2 atom stereocenters. The number of anilines is 1. The van der Waals surface area contributed by atoms with Gasteiger partial charge in [-0.2, -0.15) is 0 Å². The van der Waals surface area contributed by atoms with Crippen LogP contribution < -0.4 is 25.2 Å². The van der Waals surface area contributed by atoms with E-state index in [-0.39, 0.29) is 12.0 Å². The molecule has 2 heterocycles. The molecule has 5 rings (SSSR count). The number of carbonyl (C=O) groups is 1. The van der Waals surface area contributed by atoms with Crippen molar-refractivity contribution >= 4 is 22.6 Å². The Morgan fingerprint density at radius 2 is 1.71 bits per heavy atom. The van der Waals surface area contributed by atoms with Gasteiger partial charge in [0.1, 0.15) is 11.3 Å². The quantitative estimate of drug-likeness (QED) is 0.393. The highest BCUT2D eigenvalue weighted by Crippen LogP contribution is 2.46. The van der Waals surface area contributed by atoms with Gasteiger partial charge in [-0.25, -0.2) is 4.79 Å². The minimum absolute atomic E-state index is 0.0481. The summed E-state index contributed by atoms with van der Waals surface area (Å²) < 4.78 is 23.2. The van der Waals surface area contributed by atoms with E-state index in [2.05, 4.69) is 5.32 Å². The Hall–Kier alpha value is -4.26. The summed E-state index contributed by atoms with van der Waals surface area (Å²) in [5, 5.41) is 3.53. The molecule has 0 spiro atoms. The maximum Gasteiger partial charge on any atom is 0.344 e. The molecule has 178 valence electrons. The highest BCUT2D eigenvalue weighted by atomic mass is 16.5. The van der Waals surface area contributed by atoms with Crippen LogP contribution in [0, 0.1) is 0 Å². The lowest BCUT2D eigenvalue weighted by Crippen LogP contribution is -2.35. The van der Waals surface area contributed by atoms with Gasteiger partial charge in [0, 0.05) is 5.69 Å². The first-order valence-corrected chi connectivity index (χ1v) is 11.4. The summed E-state index contributed by atoms with van der Waals surface area (Å²) in [6, 6.07) is 21.6. The fourth-order valence-corrected chi connectivity index (χ4v) is 4.39. The lowest BCUT2D eigenvalue weighted by atomic mass is 9.88. The molecule has 0 radical (unpaired) electrons. The first-order valence-electron chi connectivity index (χ1n) is 11.4. The maximum absolute atomic E-state index is 13.5. The summed E-state index contributed by atoms with van der Waals surface area (Å²) in [5.74, 6) is 0.341. The number of amides is 1. The van der Waals surface area contributed by atoms with Gasteiger partial charge in [0.25, 0.3) is 5.91 Å².